The van der Waals surface area contributed by atoms with E-state index in [9.17, 15) is 29.7 Å². The molecule has 8 nitrogen and oxygen atoms in total. The number of esters is 2. The Kier molecular flexibility index (Phi) is 7.15. The fraction of sp³-hybridized carbons (Fsp3) is 0.853. The zero-order valence-electron chi connectivity index (χ0n) is 27.0. The molecule has 0 bridgehead atoms. The smallest absolute Gasteiger partial charge is 0.310 e. The summed E-state index contributed by atoms with van der Waals surface area (Å²) in [5, 5.41) is 34.3. The van der Waals surface area contributed by atoms with E-state index >= 15 is 0 Å². The number of aliphatic hydroxyl groups excluding tert-OH is 1. The Morgan fingerprint density at radius 3 is 2.10 bits per heavy atom. The fourth-order valence-corrected chi connectivity index (χ4v) is 11.6. The number of rotatable bonds is 3. The second-order valence-corrected chi connectivity index (χ2v) is 16.2. The average Bonchev–Trinajstić information content (AvgIpc) is 2.84. The maximum absolute atomic E-state index is 13.1. The Morgan fingerprint density at radius 2 is 1.52 bits per heavy atom. The van der Waals surface area contributed by atoms with Crippen LogP contribution in [0.25, 0.3) is 0 Å². The van der Waals surface area contributed by atoms with Crippen molar-refractivity contribution >= 4 is 17.9 Å². The molecule has 5 aliphatic rings. The zero-order valence-corrected chi connectivity index (χ0v) is 27.0. The first-order chi connectivity index (χ1) is 19.2. The van der Waals surface area contributed by atoms with Gasteiger partial charge in [-0.1, -0.05) is 47.1 Å². The van der Waals surface area contributed by atoms with Crippen LogP contribution < -0.4 is 0 Å². The molecule has 4 fully saturated rings. The molecule has 5 rings (SSSR count). The summed E-state index contributed by atoms with van der Waals surface area (Å²) in [5.41, 5.74) is -3.30. The molecular weight excluding hydrogens is 536 g/mol. The van der Waals surface area contributed by atoms with Crippen LogP contribution in [0.15, 0.2) is 11.6 Å². The standard InChI is InChI=1S/C34H52O8/c1-18-10-13-34(28(38)39)15-14-31(7)21(25(34)33(18,9)40)16-22(41-19(2)35)26-30(6)17-23(42-20(3)36)27(37)29(4,5)24(30)11-12-32(26,31)8/h16,18,22-27,37,40H,10-15,17H2,1-9H3,(H,38,39)/t18-,22?,23?,24+,25-,26-,27?,30+,31-,32-,33-,34+/m1/s1. The molecule has 0 heterocycles. The van der Waals surface area contributed by atoms with Gasteiger partial charge in [0.15, 0.2) is 0 Å². The van der Waals surface area contributed by atoms with Gasteiger partial charge in [-0.15, -0.1) is 0 Å². The van der Waals surface area contributed by atoms with Crippen LogP contribution in [0.4, 0.5) is 0 Å². The highest BCUT2D eigenvalue weighted by Gasteiger charge is 2.74. The van der Waals surface area contributed by atoms with Crippen LogP contribution in [0.1, 0.15) is 107 Å². The predicted molar refractivity (Wildman–Crippen MR) is 156 cm³/mol. The predicted octanol–water partition coefficient (Wildman–Crippen LogP) is 5.29. The Bertz CT molecular complexity index is 1200. The van der Waals surface area contributed by atoms with Gasteiger partial charge in [-0.25, -0.2) is 0 Å². The molecule has 3 N–H and O–H groups in total. The number of aliphatic hydroxyl groups is 2. The summed E-state index contributed by atoms with van der Waals surface area (Å²) in [6, 6.07) is 0. The van der Waals surface area contributed by atoms with E-state index < -0.39 is 74.8 Å². The second-order valence-electron chi connectivity index (χ2n) is 16.2. The third-order valence-corrected chi connectivity index (χ3v) is 14.0. The van der Waals surface area contributed by atoms with Gasteiger partial charge in [0.1, 0.15) is 12.2 Å². The summed E-state index contributed by atoms with van der Waals surface area (Å²) >= 11 is 0. The molecule has 0 aromatic heterocycles. The number of hydrogen-bond acceptors (Lipinski definition) is 7. The Hall–Kier alpha value is -1.93. The van der Waals surface area contributed by atoms with Crippen molar-refractivity contribution in [1.82, 2.24) is 0 Å². The number of ether oxygens (including phenoxy) is 2. The molecule has 0 saturated heterocycles. The zero-order chi connectivity index (χ0) is 31.4. The van der Waals surface area contributed by atoms with Crippen LogP contribution in [-0.4, -0.2) is 57.1 Å². The van der Waals surface area contributed by atoms with E-state index in [1.54, 1.807) is 6.92 Å². The van der Waals surface area contributed by atoms with Gasteiger partial charge in [0.25, 0.3) is 0 Å². The number of fused-ring (bicyclic) bond motifs is 7. The molecule has 5 aliphatic carbocycles. The lowest BCUT2D eigenvalue weighted by Crippen LogP contribution is -2.71. The van der Waals surface area contributed by atoms with E-state index in [1.807, 2.05) is 26.8 Å². The van der Waals surface area contributed by atoms with Crippen LogP contribution in [0.5, 0.6) is 0 Å². The summed E-state index contributed by atoms with van der Waals surface area (Å²) in [7, 11) is 0. The van der Waals surface area contributed by atoms with Crippen molar-refractivity contribution in [2.75, 3.05) is 0 Å². The van der Waals surface area contributed by atoms with Crippen molar-refractivity contribution in [3.05, 3.63) is 11.6 Å². The van der Waals surface area contributed by atoms with Crippen LogP contribution in [0.2, 0.25) is 0 Å². The monoisotopic (exact) mass is 588 g/mol. The minimum absolute atomic E-state index is 0.0704. The van der Waals surface area contributed by atoms with E-state index in [4.69, 9.17) is 9.47 Å². The second kappa shape index (κ2) is 9.53. The first-order valence-electron chi connectivity index (χ1n) is 15.9. The van der Waals surface area contributed by atoms with Crippen molar-refractivity contribution in [2.24, 2.45) is 50.7 Å². The van der Waals surface area contributed by atoms with Gasteiger partial charge < -0.3 is 24.8 Å². The highest BCUT2D eigenvalue weighted by atomic mass is 16.6. The molecular formula is C34H52O8. The first-order valence-corrected chi connectivity index (χ1v) is 15.9. The number of carbonyl (C=O) groups excluding carboxylic acids is 2. The van der Waals surface area contributed by atoms with Gasteiger partial charge in [-0.05, 0) is 91.4 Å². The fourth-order valence-electron chi connectivity index (χ4n) is 11.6. The molecule has 8 heteroatoms. The van der Waals surface area contributed by atoms with Crippen molar-refractivity contribution in [1.29, 1.82) is 0 Å². The third kappa shape index (κ3) is 3.95. The average molecular weight is 589 g/mol. The summed E-state index contributed by atoms with van der Waals surface area (Å²) in [6.07, 6.45) is 4.22. The van der Waals surface area contributed by atoms with Crippen molar-refractivity contribution < 1.29 is 39.2 Å². The lowest BCUT2D eigenvalue weighted by Gasteiger charge is -2.72. The van der Waals surface area contributed by atoms with Crippen LogP contribution >= 0.6 is 0 Å². The number of carboxylic acids is 1. The van der Waals surface area contributed by atoms with E-state index in [1.165, 1.54) is 13.8 Å². The molecule has 0 radical (unpaired) electrons. The van der Waals surface area contributed by atoms with E-state index in [-0.39, 0.29) is 17.8 Å². The minimum atomic E-state index is -1.24. The summed E-state index contributed by atoms with van der Waals surface area (Å²) in [4.78, 5) is 37.9. The van der Waals surface area contributed by atoms with E-state index in [0.717, 1.165) is 18.4 Å². The van der Waals surface area contributed by atoms with E-state index in [2.05, 4.69) is 20.8 Å². The van der Waals surface area contributed by atoms with Gasteiger partial charge in [0.2, 0.25) is 0 Å². The number of carboxylic acid groups (broad SMARTS) is 1. The number of aliphatic carboxylic acids is 1. The lowest BCUT2D eigenvalue weighted by molar-refractivity contribution is -0.257. The van der Waals surface area contributed by atoms with Crippen LogP contribution in [0.3, 0.4) is 0 Å². The molecule has 12 atom stereocenters. The maximum atomic E-state index is 13.1. The highest BCUT2D eigenvalue weighted by molar-refractivity contribution is 5.77. The first kappa shape index (κ1) is 31.5. The molecule has 236 valence electrons. The van der Waals surface area contributed by atoms with Gasteiger partial charge >= 0.3 is 17.9 Å². The molecule has 0 spiro atoms. The van der Waals surface area contributed by atoms with Crippen LogP contribution in [0, 0.1) is 50.7 Å². The Morgan fingerprint density at radius 1 is 0.905 bits per heavy atom. The van der Waals surface area contributed by atoms with Crippen molar-refractivity contribution in [2.45, 2.75) is 131 Å². The topological polar surface area (TPSA) is 130 Å². The van der Waals surface area contributed by atoms with Gasteiger partial charge in [-0.2, -0.15) is 0 Å². The van der Waals surface area contributed by atoms with Gasteiger partial charge in [0.05, 0.1) is 17.1 Å². The van der Waals surface area contributed by atoms with E-state index in [0.29, 0.717) is 32.1 Å². The minimum Gasteiger partial charge on any atom is -0.481 e. The summed E-state index contributed by atoms with van der Waals surface area (Å²) < 4.78 is 12.0. The quantitative estimate of drug-likeness (QED) is 0.300. The molecule has 0 aromatic rings. The normalized spacial score (nSPS) is 51.0. The molecule has 0 amide bonds. The summed E-state index contributed by atoms with van der Waals surface area (Å²) in [6.45, 7) is 17.4. The molecule has 42 heavy (non-hydrogen) atoms. The largest absolute Gasteiger partial charge is 0.481 e. The van der Waals surface area contributed by atoms with Crippen molar-refractivity contribution in [3.63, 3.8) is 0 Å². The SMILES string of the molecule is CC(=O)OC1C[C@]2(C)[C@H]3C(OC(C)=O)C=C4[C@H]5[C@](C(=O)O)(CC[C@@H](C)[C@@]5(C)O)CC[C@@]4(C)[C@]3(C)CC[C@H]2C(C)(C)C1O. The highest BCUT2D eigenvalue weighted by Crippen LogP contribution is 2.76. The van der Waals surface area contributed by atoms with Crippen LogP contribution in [-0.2, 0) is 23.9 Å². The molecule has 3 unspecified atom stereocenters. The molecule has 4 saturated carbocycles. The lowest BCUT2D eigenvalue weighted by atomic mass is 9.32. The summed E-state index contributed by atoms with van der Waals surface area (Å²) in [5.74, 6) is -2.50. The Labute approximate surface area is 250 Å². The Balaban J connectivity index is 1.74. The molecule has 0 aliphatic heterocycles. The van der Waals surface area contributed by atoms with Gasteiger partial charge in [-0.3, -0.25) is 14.4 Å². The number of hydrogen-bond donors (Lipinski definition) is 3. The van der Waals surface area contributed by atoms with Crippen molar-refractivity contribution in [3.8, 4) is 0 Å². The van der Waals surface area contributed by atoms with Gasteiger partial charge in [0, 0.05) is 25.7 Å². The third-order valence-electron chi connectivity index (χ3n) is 14.0. The molecule has 0 aromatic carbocycles. The maximum Gasteiger partial charge on any atom is 0.310 e. The number of carbonyl (C=O) groups is 3.